The van der Waals surface area contributed by atoms with E-state index < -0.39 is 41.3 Å². The monoisotopic (exact) mass is 459 g/mol. The minimum absolute atomic E-state index is 0.135. The van der Waals surface area contributed by atoms with Gasteiger partial charge in [-0.05, 0) is 24.3 Å². The summed E-state index contributed by atoms with van der Waals surface area (Å²) in [6.07, 6.45) is 2.52. The molecule has 1 aliphatic heterocycles. The molecule has 0 radical (unpaired) electrons. The van der Waals surface area contributed by atoms with Gasteiger partial charge in [0.25, 0.3) is 5.91 Å². The lowest BCUT2D eigenvalue weighted by molar-refractivity contribution is 0.102. The summed E-state index contributed by atoms with van der Waals surface area (Å²) >= 11 is 0. The highest BCUT2D eigenvalue weighted by Crippen LogP contribution is 2.35. The zero-order valence-corrected chi connectivity index (χ0v) is 16.5. The third-order valence-electron chi connectivity index (χ3n) is 4.91. The number of aromatic amines is 1. The number of hydrogen-bond donors (Lipinski definition) is 2. The molecule has 0 fully saturated rings. The van der Waals surface area contributed by atoms with Gasteiger partial charge in [-0.2, -0.15) is 10.2 Å². The first-order chi connectivity index (χ1) is 15.9. The van der Waals surface area contributed by atoms with E-state index >= 15 is 0 Å². The zero-order chi connectivity index (χ0) is 23.1. The first-order valence-electron chi connectivity index (χ1n) is 9.50. The van der Waals surface area contributed by atoms with Crippen molar-refractivity contribution in [1.82, 2.24) is 20.0 Å². The van der Waals surface area contributed by atoms with Crippen LogP contribution in [0.3, 0.4) is 0 Å². The standard InChI is InChI=1S/C21H13F4N5O3/c22-13-4-14(23)20(25)19(24)12(13)8-30-7-11(6-26-30)27-21(31)16-5-15(28-29-16)10-1-2-17-18(3-10)33-9-32-17/h1-7H,8-9H2,(H,27,31)(H,28,29). The quantitative estimate of drug-likeness (QED) is 0.269. The normalized spacial score (nSPS) is 12.2. The van der Waals surface area contributed by atoms with Crippen LogP contribution in [0.15, 0.2) is 42.7 Å². The van der Waals surface area contributed by atoms with Crippen molar-refractivity contribution in [2.24, 2.45) is 0 Å². The number of amides is 1. The van der Waals surface area contributed by atoms with E-state index in [1.165, 1.54) is 18.5 Å². The lowest BCUT2D eigenvalue weighted by atomic mass is 10.1. The average Bonchev–Trinajstić information content (AvgIpc) is 3.55. The van der Waals surface area contributed by atoms with Gasteiger partial charge in [-0.15, -0.1) is 0 Å². The Morgan fingerprint density at radius 2 is 1.88 bits per heavy atom. The molecule has 0 atom stereocenters. The number of hydrogen-bond acceptors (Lipinski definition) is 5. The minimum Gasteiger partial charge on any atom is -0.454 e. The summed E-state index contributed by atoms with van der Waals surface area (Å²) in [6, 6.07) is 7.03. The van der Waals surface area contributed by atoms with Crippen molar-refractivity contribution < 1.29 is 31.8 Å². The maximum absolute atomic E-state index is 13.9. The molecule has 3 heterocycles. The number of aromatic nitrogens is 4. The van der Waals surface area contributed by atoms with E-state index in [0.717, 1.165) is 4.68 Å². The van der Waals surface area contributed by atoms with Gasteiger partial charge in [0, 0.05) is 23.4 Å². The van der Waals surface area contributed by atoms with Crippen LogP contribution in [0.2, 0.25) is 0 Å². The van der Waals surface area contributed by atoms with Crippen molar-refractivity contribution in [3.63, 3.8) is 0 Å². The smallest absolute Gasteiger partial charge is 0.273 e. The molecular weight excluding hydrogens is 446 g/mol. The Morgan fingerprint density at radius 1 is 1.06 bits per heavy atom. The molecule has 1 amide bonds. The molecule has 0 unspecified atom stereocenters. The van der Waals surface area contributed by atoms with Crippen LogP contribution in [0.4, 0.5) is 23.2 Å². The maximum Gasteiger partial charge on any atom is 0.273 e. The van der Waals surface area contributed by atoms with Crippen LogP contribution in [-0.4, -0.2) is 32.7 Å². The van der Waals surface area contributed by atoms with Crippen molar-refractivity contribution in [3.8, 4) is 22.8 Å². The Hall–Kier alpha value is -4.35. The van der Waals surface area contributed by atoms with Crippen molar-refractivity contribution in [1.29, 1.82) is 0 Å². The average molecular weight is 459 g/mol. The molecular formula is C21H13F4N5O3. The number of halogens is 4. The predicted molar refractivity (Wildman–Crippen MR) is 106 cm³/mol. The highest BCUT2D eigenvalue weighted by atomic mass is 19.2. The molecule has 2 N–H and O–H groups in total. The van der Waals surface area contributed by atoms with Gasteiger partial charge in [-0.1, -0.05) is 0 Å². The Bertz CT molecular complexity index is 1380. The van der Waals surface area contributed by atoms with Gasteiger partial charge in [-0.3, -0.25) is 14.6 Å². The number of nitrogens with one attached hydrogen (secondary N) is 2. The molecule has 0 saturated heterocycles. The number of carbonyl (C=O) groups is 1. The molecule has 33 heavy (non-hydrogen) atoms. The third-order valence-corrected chi connectivity index (χ3v) is 4.91. The molecule has 2 aromatic carbocycles. The summed E-state index contributed by atoms with van der Waals surface area (Å²) in [5, 5.41) is 13.2. The van der Waals surface area contributed by atoms with Crippen molar-refractivity contribution in [3.05, 3.63) is 77.3 Å². The van der Waals surface area contributed by atoms with Crippen LogP contribution in [0.5, 0.6) is 11.5 Å². The van der Waals surface area contributed by atoms with Crippen LogP contribution in [0, 0.1) is 23.3 Å². The lowest BCUT2D eigenvalue weighted by Gasteiger charge is -2.06. The third kappa shape index (κ3) is 3.86. The summed E-state index contributed by atoms with van der Waals surface area (Å²) in [5.74, 6) is -5.64. The maximum atomic E-state index is 13.9. The Labute approximate surface area is 182 Å². The number of anilines is 1. The summed E-state index contributed by atoms with van der Waals surface area (Å²) in [5.41, 5.74) is 0.865. The van der Waals surface area contributed by atoms with E-state index in [2.05, 4.69) is 20.6 Å². The topological polar surface area (TPSA) is 94.1 Å². The van der Waals surface area contributed by atoms with Gasteiger partial charge in [0.15, 0.2) is 29.0 Å². The van der Waals surface area contributed by atoms with Crippen molar-refractivity contribution in [2.75, 3.05) is 12.1 Å². The molecule has 1 aliphatic rings. The van der Waals surface area contributed by atoms with Crippen LogP contribution >= 0.6 is 0 Å². The van der Waals surface area contributed by atoms with Crippen LogP contribution in [0.1, 0.15) is 16.1 Å². The number of H-pyrrole nitrogens is 1. The number of benzene rings is 2. The van der Waals surface area contributed by atoms with Gasteiger partial charge >= 0.3 is 0 Å². The number of carbonyl (C=O) groups excluding carboxylic acids is 1. The van der Waals surface area contributed by atoms with Gasteiger partial charge < -0.3 is 14.8 Å². The van der Waals surface area contributed by atoms with Gasteiger partial charge in [-0.25, -0.2) is 17.6 Å². The van der Waals surface area contributed by atoms with E-state index in [9.17, 15) is 22.4 Å². The van der Waals surface area contributed by atoms with E-state index in [1.807, 2.05) is 0 Å². The first-order valence-corrected chi connectivity index (χ1v) is 9.50. The fraction of sp³-hybridized carbons (Fsp3) is 0.0952. The lowest BCUT2D eigenvalue weighted by Crippen LogP contribution is -2.12. The Kier molecular flexibility index (Phi) is 4.96. The number of ether oxygens (including phenoxy) is 2. The minimum atomic E-state index is -1.77. The second-order valence-corrected chi connectivity index (χ2v) is 7.06. The van der Waals surface area contributed by atoms with Crippen LogP contribution in [-0.2, 0) is 6.54 Å². The molecule has 4 aromatic rings. The summed E-state index contributed by atoms with van der Waals surface area (Å²) in [6.45, 7) is -0.376. The molecule has 0 saturated carbocycles. The van der Waals surface area contributed by atoms with Crippen LogP contribution < -0.4 is 14.8 Å². The van der Waals surface area contributed by atoms with Gasteiger partial charge in [0.2, 0.25) is 6.79 Å². The van der Waals surface area contributed by atoms with E-state index in [0.29, 0.717) is 22.8 Å². The highest BCUT2D eigenvalue weighted by Gasteiger charge is 2.20. The molecule has 5 rings (SSSR count). The van der Waals surface area contributed by atoms with E-state index in [1.54, 1.807) is 18.2 Å². The second kappa shape index (κ2) is 7.97. The number of nitrogens with zero attached hydrogens (tertiary/aromatic N) is 3. The predicted octanol–water partition coefficient (Wildman–Crippen LogP) is 3.86. The van der Waals surface area contributed by atoms with Crippen molar-refractivity contribution in [2.45, 2.75) is 6.54 Å². The molecule has 8 nitrogen and oxygen atoms in total. The van der Waals surface area contributed by atoms with Crippen LogP contribution in [0.25, 0.3) is 11.3 Å². The summed E-state index contributed by atoms with van der Waals surface area (Å²) in [4.78, 5) is 12.5. The largest absolute Gasteiger partial charge is 0.454 e. The summed E-state index contributed by atoms with van der Waals surface area (Å²) < 4.78 is 65.9. The molecule has 2 aromatic heterocycles. The van der Waals surface area contributed by atoms with Gasteiger partial charge in [0.1, 0.15) is 11.5 Å². The summed E-state index contributed by atoms with van der Waals surface area (Å²) in [7, 11) is 0. The Morgan fingerprint density at radius 3 is 2.73 bits per heavy atom. The molecule has 0 bridgehead atoms. The Balaban J connectivity index is 1.29. The van der Waals surface area contributed by atoms with E-state index in [-0.39, 0.29) is 24.2 Å². The highest BCUT2D eigenvalue weighted by molar-refractivity contribution is 6.03. The number of fused-ring (bicyclic) bond motifs is 1. The molecule has 0 aliphatic carbocycles. The fourth-order valence-electron chi connectivity index (χ4n) is 3.27. The number of rotatable bonds is 5. The SMILES string of the molecule is O=C(Nc1cnn(Cc2c(F)cc(F)c(F)c2F)c1)c1cc(-c2ccc3c(c2)OCO3)n[nH]1. The van der Waals surface area contributed by atoms with E-state index in [4.69, 9.17) is 9.47 Å². The second-order valence-electron chi connectivity index (χ2n) is 7.06. The molecule has 0 spiro atoms. The van der Waals surface area contributed by atoms with Gasteiger partial charge in [0.05, 0.1) is 24.1 Å². The molecule has 12 heteroatoms. The fourth-order valence-corrected chi connectivity index (χ4v) is 3.27. The van der Waals surface area contributed by atoms with Crippen molar-refractivity contribution >= 4 is 11.6 Å². The molecule has 168 valence electrons. The zero-order valence-electron chi connectivity index (χ0n) is 16.5. The first kappa shape index (κ1) is 20.5.